The van der Waals surface area contributed by atoms with Gasteiger partial charge in [0.2, 0.25) is 0 Å². The zero-order valence-corrected chi connectivity index (χ0v) is 12.4. The summed E-state index contributed by atoms with van der Waals surface area (Å²) in [5.41, 5.74) is 0. The van der Waals surface area contributed by atoms with Crippen molar-refractivity contribution in [2.45, 2.75) is 46.7 Å². The first-order chi connectivity index (χ1) is 8.11. The van der Waals surface area contributed by atoms with Gasteiger partial charge in [-0.15, -0.1) is 11.3 Å². The van der Waals surface area contributed by atoms with Crippen LogP contribution < -0.4 is 10.6 Å². The van der Waals surface area contributed by atoms with Gasteiger partial charge in [-0.3, -0.25) is 0 Å². The Morgan fingerprint density at radius 1 is 1.12 bits per heavy atom. The van der Waals surface area contributed by atoms with E-state index in [1.54, 1.807) is 0 Å². The average molecular weight is 254 g/mol. The first-order valence-electron chi connectivity index (χ1n) is 6.63. The Labute approximate surface area is 110 Å². The van der Waals surface area contributed by atoms with Gasteiger partial charge in [0.1, 0.15) is 0 Å². The summed E-state index contributed by atoms with van der Waals surface area (Å²) in [4.78, 5) is 2.92. The first kappa shape index (κ1) is 14.7. The van der Waals surface area contributed by atoms with Crippen LogP contribution in [0.4, 0.5) is 0 Å². The van der Waals surface area contributed by atoms with Gasteiger partial charge in [-0.1, -0.05) is 20.8 Å². The first-order valence-corrected chi connectivity index (χ1v) is 7.45. The summed E-state index contributed by atoms with van der Waals surface area (Å²) in [5, 5.41) is 7.04. The molecule has 1 aromatic rings. The molecule has 0 fully saturated rings. The minimum atomic E-state index is 0.529. The molecule has 0 bridgehead atoms. The molecule has 98 valence electrons. The maximum absolute atomic E-state index is 3.56. The quantitative estimate of drug-likeness (QED) is 0.745. The van der Waals surface area contributed by atoms with Gasteiger partial charge < -0.3 is 10.6 Å². The molecule has 0 aromatic carbocycles. The fraction of sp³-hybridized carbons (Fsp3) is 0.714. The standard InChI is InChI=1S/C14H26N2S/c1-5-13-6-7-14(17-13)10-16-12(4)9-15-8-11(2)3/h6-7,11-12,15-16H,5,8-10H2,1-4H3. The third-order valence-electron chi connectivity index (χ3n) is 2.69. The van der Waals surface area contributed by atoms with Gasteiger partial charge in [0.15, 0.2) is 0 Å². The molecule has 2 N–H and O–H groups in total. The zero-order valence-electron chi connectivity index (χ0n) is 11.5. The van der Waals surface area contributed by atoms with Crippen LogP contribution in [0.3, 0.4) is 0 Å². The van der Waals surface area contributed by atoms with E-state index in [9.17, 15) is 0 Å². The summed E-state index contributed by atoms with van der Waals surface area (Å²) in [7, 11) is 0. The number of hydrogen-bond acceptors (Lipinski definition) is 3. The fourth-order valence-corrected chi connectivity index (χ4v) is 2.55. The van der Waals surface area contributed by atoms with Gasteiger partial charge in [-0.05, 0) is 37.9 Å². The highest BCUT2D eigenvalue weighted by Crippen LogP contribution is 2.16. The van der Waals surface area contributed by atoms with Gasteiger partial charge in [0.25, 0.3) is 0 Å². The lowest BCUT2D eigenvalue weighted by atomic mass is 10.2. The molecule has 0 saturated carbocycles. The summed E-state index contributed by atoms with van der Waals surface area (Å²) in [6, 6.07) is 5.01. The van der Waals surface area contributed by atoms with Gasteiger partial charge >= 0.3 is 0 Å². The number of thiophene rings is 1. The summed E-state index contributed by atoms with van der Waals surface area (Å²) >= 11 is 1.92. The van der Waals surface area contributed by atoms with E-state index in [4.69, 9.17) is 0 Å². The molecule has 1 rings (SSSR count). The van der Waals surface area contributed by atoms with Crippen LogP contribution in [0.5, 0.6) is 0 Å². The highest BCUT2D eigenvalue weighted by molar-refractivity contribution is 7.11. The zero-order chi connectivity index (χ0) is 12.7. The van der Waals surface area contributed by atoms with Crippen molar-refractivity contribution in [1.82, 2.24) is 10.6 Å². The molecule has 0 aliphatic heterocycles. The Balaban J connectivity index is 2.16. The highest BCUT2D eigenvalue weighted by Gasteiger charge is 2.03. The molecular weight excluding hydrogens is 228 g/mol. The van der Waals surface area contributed by atoms with Gasteiger partial charge in [-0.2, -0.15) is 0 Å². The van der Waals surface area contributed by atoms with E-state index in [0.717, 1.165) is 32.0 Å². The van der Waals surface area contributed by atoms with Crippen LogP contribution in [0, 0.1) is 5.92 Å². The summed E-state index contributed by atoms with van der Waals surface area (Å²) in [6.45, 7) is 12.1. The van der Waals surface area contributed by atoms with Crippen molar-refractivity contribution >= 4 is 11.3 Å². The van der Waals surface area contributed by atoms with Crippen molar-refractivity contribution in [3.8, 4) is 0 Å². The SMILES string of the molecule is CCc1ccc(CNC(C)CNCC(C)C)s1. The van der Waals surface area contributed by atoms with E-state index in [2.05, 4.69) is 50.5 Å². The van der Waals surface area contributed by atoms with E-state index >= 15 is 0 Å². The normalized spacial score (nSPS) is 13.2. The average Bonchev–Trinajstić information content (AvgIpc) is 2.73. The van der Waals surface area contributed by atoms with Crippen molar-refractivity contribution in [1.29, 1.82) is 0 Å². The van der Waals surface area contributed by atoms with E-state index in [-0.39, 0.29) is 0 Å². The monoisotopic (exact) mass is 254 g/mol. The predicted octanol–water partition coefficient (Wildman–Crippen LogP) is 3.03. The molecule has 1 atom stereocenters. The maximum Gasteiger partial charge on any atom is 0.0302 e. The van der Waals surface area contributed by atoms with Gasteiger partial charge in [-0.25, -0.2) is 0 Å². The lowest BCUT2D eigenvalue weighted by Gasteiger charge is -2.15. The van der Waals surface area contributed by atoms with Crippen molar-refractivity contribution in [2.75, 3.05) is 13.1 Å². The molecule has 1 unspecified atom stereocenters. The molecule has 0 spiro atoms. The van der Waals surface area contributed by atoms with E-state index in [0.29, 0.717) is 6.04 Å². The number of hydrogen-bond donors (Lipinski definition) is 2. The van der Waals surface area contributed by atoms with Crippen molar-refractivity contribution in [2.24, 2.45) is 5.92 Å². The van der Waals surface area contributed by atoms with Crippen LogP contribution in [0.15, 0.2) is 12.1 Å². The van der Waals surface area contributed by atoms with E-state index in [1.165, 1.54) is 9.75 Å². The van der Waals surface area contributed by atoms with Crippen molar-refractivity contribution < 1.29 is 0 Å². The molecule has 1 aromatic heterocycles. The molecule has 17 heavy (non-hydrogen) atoms. The van der Waals surface area contributed by atoms with Crippen LogP contribution >= 0.6 is 11.3 Å². The molecule has 1 heterocycles. The van der Waals surface area contributed by atoms with Crippen LogP contribution in [0.2, 0.25) is 0 Å². The topological polar surface area (TPSA) is 24.1 Å². The Kier molecular flexibility index (Phi) is 6.78. The lowest BCUT2D eigenvalue weighted by molar-refractivity contribution is 0.473. The smallest absolute Gasteiger partial charge is 0.0302 e. The highest BCUT2D eigenvalue weighted by atomic mass is 32.1. The van der Waals surface area contributed by atoms with Crippen LogP contribution in [0.25, 0.3) is 0 Å². The van der Waals surface area contributed by atoms with Crippen LogP contribution in [-0.2, 0) is 13.0 Å². The number of nitrogens with one attached hydrogen (secondary N) is 2. The van der Waals surface area contributed by atoms with E-state index in [1.807, 2.05) is 11.3 Å². The molecule has 0 radical (unpaired) electrons. The fourth-order valence-electron chi connectivity index (χ4n) is 1.64. The summed E-state index contributed by atoms with van der Waals surface area (Å²) in [5.74, 6) is 0.728. The van der Waals surface area contributed by atoms with Crippen molar-refractivity contribution in [3.63, 3.8) is 0 Å². The second-order valence-corrected chi connectivity index (χ2v) is 6.31. The molecule has 0 saturated heterocycles. The minimum absolute atomic E-state index is 0.529. The lowest BCUT2D eigenvalue weighted by Crippen LogP contribution is -2.37. The Morgan fingerprint density at radius 3 is 2.41 bits per heavy atom. The molecule has 0 aliphatic rings. The maximum atomic E-state index is 3.56. The molecular formula is C14H26N2S. The second-order valence-electron chi connectivity index (χ2n) is 5.06. The predicted molar refractivity (Wildman–Crippen MR) is 77.7 cm³/mol. The molecule has 3 heteroatoms. The Morgan fingerprint density at radius 2 is 1.82 bits per heavy atom. The molecule has 2 nitrogen and oxygen atoms in total. The molecule has 0 amide bonds. The van der Waals surface area contributed by atoms with Gasteiger partial charge in [0.05, 0.1) is 0 Å². The van der Waals surface area contributed by atoms with E-state index < -0.39 is 0 Å². The second kappa shape index (κ2) is 7.85. The number of rotatable bonds is 8. The summed E-state index contributed by atoms with van der Waals surface area (Å²) < 4.78 is 0. The third kappa shape index (κ3) is 6.20. The largest absolute Gasteiger partial charge is 0.315 e. The van der Waals surface area contributed by atoms with Gasteiger partial charge in [0, 0.05) is 28.9 Å². The van der Waals surface area contributed by atoms with Crippen molar-refractivity contribution in [3.05, 3.63) is 21.9 Å². The Hall–Kier alpha value is -0.380. The van der Waals surface area contributed by atoms with Crippen LogP contribution in [-0.4, -0.2) is 19.1 Å². The Bertz CT molecular complexity index is 307. The third-order valence-corrected chi connectivity index (χ3v) is 3.92. The number of aryl methyl sites for hydroxylation is 1. The summed E-state index contributed by atoms with van der Waals surface area (Å²) in [6.07, 6.45) is 1.15. The minimum Gasteiger partial charge on any atom is -0.315 e. The molecule has 0 aliphatic carbocycles. The van der Waals surface area contributed by atoms with Crippen LogP contribution in [0.1, 0.15) is 37.4 Å².